The fourth-order valence-corrected chi connectivity index (χ4v) is 2.33. The first-order valence-electron chi connectivity index (χ1n) is 6.26. The van der Waals surface area contributed by atoms with E-state index in [9.17, 15) is 4.39 Å². The zero-order valence-corrected chi connectivity index (χ0v) is 11.9. The minimum absolute atomic E-state index is 0.107. The van der Waals surface area contributed by atoms with Gasteiger partial charge in [-0.3, -0.25) is 0 Å². The maximum atomic E-state index is 13.7. The molecule has 1 saturated carbocycles. The van der Waals surface area contributed by atoms with Crippen molar-refractivity contribution in [1.82, 2.24) is 5.32 Å². The summed E-state index contributed by atoms with van der Waals surface area (Å²) in [5.74, 6) is 0.344. The van der Waals surface area contributed by atoms with Gasteiger partial charge in [-0.25, -0.2) is 4.39 Å². The van der Waals surface area contributed by atoms with Crippen LogP contribution in [0.4, 0.5) is 4.39 Å². The SMILES string of the molecule is CC(Cc1ccc(Br)cc1F)C(C)NC1CC1. The molecule has 0 aromatic heterocycles. The Bertz CT molecular complexity index is 390. The molecule has 0 heterocycles. The van der Waals surface area contributed by atoms with Gasteiger partial charge in [-0.15, -0.1) is 0 Å². The molecule has 3 heteroatoms. The molecule has 1 aromatic rings. The van der Waals surface area contributed by atoms with Gasteiger partial charge in [0.05, 0.1) is 0 Å². The summed E-state index contributed by atoms with van der Waals surface area (Å²) in [5.41, 5.74) is 0.810. The third-order valence-corrected chi connectivity index (χ3v) is 3.98. The molecule has 0 bridgehead atoms. The predicted octanol–water partition coefficient (Wildman–Crippen LogP) is 3.91. The zero-order valence-electron chi connectivity index (χ0n) is 10.3. The van der Waals surface area contributed by atoms with E-state index in [0.29, 0.717) is 18.0 Å². The van der Waals surface area contributed by atoms with Gasteiger partial charge in [0.15, 0.2) is 0 Å². The van der Waals surface area contributed by atoms with Gasteiger partial charge in [-0.05, 0) is 49.8 Å². The van der Waals surface area contributed by atoms with Crippen LogP contribution in [0.3, 0.4) is 0 Å². The fourth-order valence-electron chi connectivity index (χ4n) is 2.00. The molecule has 0 spiro atoms. The van der Waals surface area contributed by atoms with Crippen LogP contribution in [-0.2, 0) is 6.42 Å². The van der Waals surface area contributed by atoms with E-state index in [2.05, 4.69) is 35.1 Å². The first-order valence-corrected chi connectivity index (χ1v) is 7.05. The van der Waals surface area contributed by atoms with Crippen molar-refractivity contribution in [2.24, 2.45) is 5.92 Å². The molecule has 0 radical (unpaired) electrons. The van der Waals surface area contributed by atoms with Crippen molar-refractivity contribution in [2.45, 2.75) is 45.2 Å². The molecule has 1 aliphatic carbocycles. The molecule has 1 N–H and O–H groups in total. The van der Waals surface area contributed by atoms with Gasteiger partial charge < -0.3 is 5.32 Å². The van der Waals surface area contributed by atoms with E-state index in [4.69, 9.17) is 0 Å². The highest BCUT2D eigenvalue weighted by atomic mass is 79.9. The number of benzene rings is 1. The quantitative estimate of drug-likeness (QED) is 0.869. The van der Waals surface area contributed by atoms with E-state index in [0.717, 1.165) is 16.5 Å². The van der Waals surface area contributed by atoms with E-state index in [1.165, 1.54) is 12.8 Å². The van der Waals surface area contributed by atoms with Crippen molar-refractivity contribution < 1.29 is 4.39 Å². The van der Waals surface area contributed by atoms with Crippen LogP contribution in [-0.4, -0.2) is 12.1 Å². The highest BCUT2D eigenvalue weighted by molar-refractivity contribution is 9.10. The van der Waals surface area contributed by atoms with E-state index >= 15 is 0 Å². The Kier molecular flexibility index (Phi) is 4.21. The van der Waals surface area contributed by atoms with Crippen LogP contribution in [0.15, 0.2) is 22.7 Å². The minimum atomic E-state index is -0.107. The van der Waals surface area contributed by atoms with Gasteiger partial charge >= 0.3 is 0 Å². The van der Waals surface area contributed by atoms with E-state index in [1.807, 2.05) is 12.1 Å². The van der Waals surface area contributed by atoms with Crippen molar-refractivity contribution in [2.75, 3.05) is 0 Å². The fraction of sp³-hybridized carbons (Fsp3) is 0.571. The number of hydrogen-bond donors (Lipinski definition) is 1. The first kappa shape index (κ1) is 13.0. The van der Waals surface area contributed by atoms with Crippen LogP contribution in [0.5, 0.6) is 0 Å². The summed E-state index contributed by atoms with van der Waals surface area (Å²) < 4.78 is 14.5. The summed E-state index contributed by atoms with van der Waals surface area (Å²) in [6.45, 7) is 4.38. The van der Waals surface area contributed by atoms with Crippen molar-refractivity contribution in [3.8, 4) is 0 Å². The Morgan fingerprint density at radius 1 is 1.41 bits per heavy atom. The van der Waals surface area contributed by atoms with Crippen molar-refractivity contribution in [3.63, 3.8) is 0 Å². The topological polar surface area (TPSA) is 12.0 Å². The maximum Gasteiger partial charge on any atom is 0.127 e. The van der Waals surface area contributed by atoms with E-state index < -0.39 is 0 Å². The number of nitrogens with one attached hydrogen (secondary N) is 1. The average Bonchev–Trinajstić information content (AvgIpc) is 3.06. The largest absolute Gasteiger partial charge is 0.311 e. The van der Waals surface area contributed by atoms with E-state index in [-0.39, 0.29) is 5.82 Å². The van der Waals surface area contributed by atoms with Crippen molar-refractivity contribution >= 4 is 15.9 Å². The molecule has 2 rings (SSSR count). The number of hydrogen-bond acceptors (Lipinski definition) is 1. The molecule has 0 saturated heterocycles. The lowest BCUT2D eigenvalue weighted by Crippen LogP contribution is -2.34. The summed E-state index contributed by atoms with van der Waals surface area (Å²) in [6.07, 6.45) is 3.38. The summed E-state index contributed by atoms with van der Waals surface area (Å²) in [6, 6.07) is 6.48. The lowest BCUT2D eigenvalue weighted by Gasteiger charge is -2.21. The van der Waals surface area contributed by atoms with Crippen LogP contribution in [0.25, 0.3) is 0 Å². The minimum Gasteiger partial charge on any atom is -0.311 e. The Morgan fingerprint density at radius 2 is 2.12 bits per heavy atom. The third-order valence-electron chi connectivity index (χ3n) is 3.49. The second-order valence-corrected chi connectivity index (χ2v) is 6.06. The Labute approximate surface area is 111 Å². The summed E-state index contributed by atoms with van der Waals surface area (Å²) in [5, 5.41) is 3.57. The lowest BCUT2D eigenvalue weighted by molar-refractivity contribution is 0.391. The van der Waals surface area contributed by atoms with Crippen LogP contribution < -0.4 is 5.32 Å². The Hall–Kier alpha value is -0.410. The van der Waals surface area contributed by atoms with Crippen LogP contribution >= 0.6 is 15.9 Å². The monoisotopic (exact) mass is 299 g/mol. The third kappa shape index (κ3) is 3.78. The Morgan fingerprint density at radius 3 is 2.71 bits per heavy atom. The second-order valence-electron chi connectivity index (χ2n) is 5.15. The molecule has 1 aromatic carbocycles. The van der Waals surface area contributed by atoms with E-state index in [1.54, 1.807) is 6.07 Å². The van der Waals surface area contributed by atoms with Crippen LogP contribution in [0.1, 0.15) is 32.3 Å². The van der Waals surface area contributed by atoms with Gasteiger partial charge in [0.2, 0.25) is 0 Å². The number of halogens is 2. The van der Waals surface area contributed by atoms with Gasteiger partial charge in [0, 0.05) is 16.6 Å². The normalized spacial score (nSPS) is 19.1. The van der Waals surface area contributed by atoms with Gasteiger partial charge in [0.25, 0.3) is 0 Å². The maximum absolute atomic E-state index is 13.7. The molecular formula is C14H19BrFN. The lowest BCUT2D eigenvalue weighted by atomic mass is 9.94. The average molecular weight is 300 g/mol. The van der Waals surface area contributed by atoms with Crippen LogP contribution in [0.2, 0.25) is 0 Å². The molecule has 2 atom stereocenters. The number of rotatable bonds is 5. The summed E-state index contributed by atoms with van der Waals surface area (Å²) in [4.78, 5) is 0. The molecular weight excluding hydrogens is 281 g/mol. The Balaban J connectivity index is 1.93. The summed E-state index contributed by atoms with van der Waals surface area (Å²) >= 11 is 3.28. The molecule has 1 nitrogen and oxygen atoms in total. The molecule has 1 aliphatic rings. The van der Waals surface area contributed by atoms with Gasteiger partial charge in [-0.2, -0.15) is 0 Å². The van der Waals surface area contributed by atoms with Gasteiger partial charge in [0.1, 0.15) is 5.82 Å². The highest BCUT2D eigenvalue weighted by Gasteiger charge is 2.25. The molecule has 17 heavy (non-hydrogen) atoms. The van der Waals surface area contributed by atoms with Gasteiger partial charge in [-0.1, -0.05) is 28.9 Å². The predicted molar refractivity (Wildman–Crippen MR) is 72.6 cm³/mol. The standard InChI is InChI=1S/C14H19BrFN/c1-9(10(2)17-13-5-6-13)7-11-3-4-12(15)8-14(11)16/h3-4,8-10,13,17H,5-7H2,1-2H3. The molecule has 2 unspecified atom stereocenters. The summed E-state index contributed by atoms with van der Waals surface area (Å²) in [7, 11) is 0. The van der Waals surface area contributed by atoms with Crippen LogP contribution in [0, 0.1) is 11.7 Å². The van der Waals surface area contributed by atoms with Crippen molar-refractivity contribution in [3.05, 3.63) is 34.1 Å². The smallest absolute Gasteiger partial charge is 0.127 e. The second kappa shape index (κ2) is 5.49. The molecule has 1 fully saturated rings. The van der Waals surface area contributed by atoms with Crippen molar-refractivity contribution in [1.29, 1.82) is 0 Å². The molecule has 0 amide bonds. The first-order chi connectivity index (χ1) is 8.06. The molecule has 0 aliphatic heterocycles. The highest BCUT2D eigenvalue weighted by Crippen LogP contribution is 2.23. The molecule has 94 valence electrons. The zero-order chi connectivity index (χ0) is 12.4.